The number of benzene rings is 3. The summed E-state index contributed by atoms with van der Waals surface area (Å²) in [5, 5.41) is 6.53. The fourth-order valence-corrected chi connectivity index (χ4v) is 4.19. The fourth-order valence-electron chi connectivity index (χ4n) is 3.62. The number of carbonyl (C=O) groups excluding carboxylic acids is 3. The Bertz CT molecular complexity index is 1430. The lowest BCUT2D eigenvalue weighted by molar-refractivity contribution is -0.133. The highest BCUT2D eigenvalue weighted by atomic mass is 79.9. The maximum Gasteiger partial charge on any atom is 0.328 e. The second-order valence-electron chi connectivity index (χ2n) is 7.80. The number of rotatable bonds is 4. The third-order valence-corrected chi connectivity index (χ3v) is 5.71. The maximum atomic E-state index is 13.1. The predicted octanol–water partition coefficient (Wildman–Crippen LogP) is 5.64. The summed E-state index contributed by atoms with van der Waals surface area (Å²) in [7, 11) is 0. The molecule has 7 nitrogen and oxygen atoms in total. The van der Waals surface area contributed by atoms with E-state index >= 15 is 0 Å². The molecule has 3 aromatic carbocycles. The zero-order valence-corrected chi connectivity index (χ0v) is 20.6. The molecular formula is C25H20BrClN4O3. The molecule has 3 N–H and O–H groups in total. The van der Waals surface area contributed by atoms with Gasteiger partial charge in [0, 0.05) is 26.3 Å². The molecule has 1 heterocycles. The molecule has 0 aliphatic carbocycles. The number of amides is 3. The van der Waals surface area contributed by atoms with Crippen LogP contribution in [0.3, 0.4) is 0 Å². The van der Waals surface area contributed by atoms with Crippen LogP contribution in [0.2, 0.25) is 5.02 Å². The molecule has 0 saturated heterocycles. The fraction of sp³-hybridized carbons (Fsp3) is 0.0800. The van der Waals surface area contributed by atoms with E-state index < -0.39 is 17.7 Å². The van der Waals surface area contributed by atoms with Crippen molar-refractivity contribution < 1.29 is 14.4 Å². The van der Waals surface area contributed by atoms with Crippen LogP contribution in [0.4, 0.5) is 11.4 Å². The molecule has 1 aromatic heterocycles. The van der Waals surface area contributed by atoms with Gasteiger partial charge in [-0.25, -0.2) is 4.68 Å². The van der Waals surface area contributed by atoms with Gasteiger partial charge in [-0.1, -0.05) is 39.7 Å². The Hall–Kier alpha value is -3.62. The van der Waals surface area contributed by atoms with Gasteiger partial charge in [-0.3, -0.25) is 19.8 Å². The predicted molar refractivity (Wildman–Crippen MR) is 138 cm³/mol. The highest BCUT2D eigenvalue weighted by Crippen LogP contribution is 2.24. The van der Waals surface area contributed by atoms with Crippen molar-refractivity contribution in [2.75, 3.05) is 16.1 Å². The second-order valence-corrected chi connectivity index (χ2v) is 9.16. The molecule has 0 atom stereocenters. The Morgan fingerprint density at radius 3 is 2.26 bits per heavy atom. The summed E-state index contributed by atoms with van der Waals surface area (Å²) in [5.74, 6) is -2.26. The van der Waals surface area contributed by atoms with Gasteiger partial charge in [0.15, 0.2) is 0 Å². The molecule has 34 heavy (non-hydrogen) atoms. The van der Waals surface area contributed by atoms with Crippen LogP contribution < -0.4 is 16.1 Å². The van der Waals surface area contributed by atoms with Crippen LogP contribution in [0.5, 0.6) is 0 Å². The number of halogens is 2. The lowest BCUT2D eigenvalue weighted by Crippen LogP contribution is -2.36. The van der Waals surface area contributed by atoms with Crippen molar-refractivity contribution in [1.29, 1.82) is 0 Å². The van der Waals surface area contributed by atoms with Gasteiger partial charge in [0.05, 0.1) is 5.52 Å². The zero-order valence-electron chi connectivity index (χ0n) is 18.3. The second kappa shape index (κ2) is 9.70. The maximum absolute atomic E-state index is 13.1. The number of nitrogens with one attached hydrogen (secondary N) is 3. The van der Waals surface area contributed by atoms with Crippen molar-refractivity contribution in [3.63, 3.8) is 0 Å². The molecule has 0 unspecified atom stereocenters. The Morgan fingerprint density at radius 2 is 1.56 bits per heavy atom. The molecule has 172 valence electrons. The number of aryl methyl sites for hydroxylation is 2. The number of hydrogen-bond donors (Lipinski definition) is 3. The zero-order chi connectivity index (χ0) is 24.4. The van der Waals surface area contributed by atoms with Gasteiger partial charge in [0.1, 0.15) is 5.69 Å². The van der Waals surface area contributed by atoms with E-state index in [-0.39, 0.29) is 5.69 Å². The molecular weight excluding hydrogens is 520 g/mol. The van der Waals surface area contributed by atoms with E-state index in [1.807, 2.05) is 26.0 Å². The largest absolute Gasteiger partial charge is 0.328 e. The van der Waals surface area contributed by atoms with Gasteiger partial charge in [-0.05, 0) is 79.6 Å². The molecule has 3 amide bonds. The van der Waals surface area contributed by atoms with E-state index in [1.165, 1.54) is 4.68 Å². The van der Waals surface area contributed by atoms with Crippen LogP contribution in [0.25, 0.3) is 10.9 Å². The molecule has 0 radical (unpaired) electrons. The summed E-state index contributed by atoms with van der Waals surface area (Å²) in [6.07, 6.45) is 0. The van der Waals surface area contributed by atoms with Gasteiger partial charge < -0.3 is 10.6 Å². The third-order valence-electron chi connectivity index (χ3n) is 4.98. The average molecular weight is 540 g/mol. The molecule has 0 saturated carbocycles. The molecule has 4 rings (SSSR count). The van der Waals surface area contributed by atoms with Crippen molar-refractivity contribution in [2.45, 2.75) is 13.8 Å². The standard InChI is InChI=1S/C25H20BrClN4O3/c1-14-8-15(2)10-20(9-14)29-24(33)25(34)30-31-21-7-6-17(26)11-16(21)12-22(31)23(32)28-19-5-3-4-18(27)13-19/h3-13H,1-2H3,(H,28,32)(H,29,33)(H,30,34). The summed E-state index contributed by atoms with van der Waals surface area (Å²) in [6, 6.07) is 19.2. The van der Waals surface area contributed by atoms with E-state index in [9.17, 15) is 14.4 Å². The van der Waals surface area contributed by atoms with Crippen molar-refractivity contribution in [3.05, 3.63) is 93.0 Å². The first-order valence-corrected chi connectivity index (χ1v) is 11.5. The van der Waals surface area contributed by atoms with Gasteiger partial charge in [-0.2, -0.15) is 0 Å². The Morgan fingerprint density at radius 1 is 0.824 bits per heavy atom. The number of carbonyl (C=O) groups is 3. The number of fused-ring (bicyclic) bond motifs is 1. The molecule has 0 spiro atoms. The normalized spacial score (nSPS) is 10.7. The number of aromatic nitrogens is 1. The minimum Gasteiger partial charge on any atom is -0.321 e. The highest BCUT2D eigenvalue weighted by molar-refractivity contribution is 9.10. The first kappa shape index (κ1) is 23.5. The van der Waals surface area contributed by atoms with Crippen LogP contribution in [0, 0.1) is 13.8 Å². The minimum absolute atomic E-state index is 0.139. The van der Waals surface area contributed by atoms with E-state index in [1.54, 1.807) is 54.6 Å². The van der Waals surface area contributed by atoms with Crippen LogP contribution in [0.15, 0.2) is 71.2 Å². The molecule has 0 aliphatic heterocycles. The smallest absolute Gasteiger partial charge is 0.321 e. The van der Waals surface area contributed by atoms with Crippen LogP contribution in [-0.4, -0.2) is 22.4 Å². The third kappa shape index (κ3) is 5.30. The van der Waals surface area contributed by atoms with E-state index in [0.717, 1.165) is 15.6 Å². The number of nitrogens with zero attached hydrogens (tertiary/aromatic N) is 1. The molecule has 0 aliphatic rings. The van der Waals surface area contributed by atoms with E-state index in [4.69, 9.17) is 11.6 Å². The van der Waals surface area contributed by atoms with Crippen LogP contribution in [0.1, 0.15) is 21.6 Å². The molecule has 4 aromatic rings. The first-order valence-electron chi connectivity index (χ1n) is 10.3. The topological polar surface area (TPSA) is 92.2 Å². The lowest BCUT2D eigenvalue weighted by atomic mass is 10.1. The van der Waals surface area contributed by atoms with E-state index in [2.05, 4.69) is 32.0 Å². The molecule has 9 heteroatoms. The quantitative estimate of drug-likeness (QED) is 0.293. The van der Waals surface area contributed by atoms with Gasteiger partial charge in [0.25, 0.3) is 5.91 Å². The average Bonchev–Trinajstić information content (AvgIpc) is 3.10. The summed E-state index contributed by atoms with van der Waals surface area (Å²) in [4.78, 5) is 38.5. The monoisotopic (exact) mass is 538 g/mol. The van der Waals surface area contributed by atoms with E-state index in [0.29, 0.717) is 27.3 Å². The minimum atomic E-state index is -0.920. The van der Waals surface area contributed by atoms with Crippen LogP contribution in [-0.2, 0) is 9.59 Å². The number of hydrogen-bond acceptors (Lipinski definition) is 3. The SMILES string of the molecule is Cc1cc(C)cc(NC(=O)C(=O)Nn2c(C(=O)Nc3cccc(Cl)c3)cc3cc(Br)ccc32)c1. The summed E-state index contributed by atoms with van der Waals surface area (Å²) in [6.45, 7) is 3.80. The van der Waals surface area contributed by atoms with Gasteiger partial charge >= 0.3 is 11.8 Å². The Labute approximate surface area is 209 Å². The molecule has 0 bridgehead atoms. The van der Waals surface area contributed by atoms with Crippen molar-refractivity contribution in [2.24, 2.45) is 0 Å². The highest BCUT2D eigenvalue weighted by Gasteiger charge is 2.21. The summed E-state index contributed by atoms with van der Waals surface area (Å²) in [5.41, 5.74) is 6.15. The van der Waals surface area contributed by atoms with Crippen LogP contribution >= 0.6 is 27.5 Å². The van der Waals surface area contributed by atoms with Gasteiger partial charge in [-0.15, -0.1) is 0 Å². The lowest BCUT2D eigenvalue weighted by Gasteiger charge is -2.13. The Kier molecular flexibility index (Phi) is 6.72. The summed E-state index contributed by atoms with van der Waals surface area (Å²) < 4.78 is 2.10. The van der Waals surface area contributed by atoms with Gasteiger partial charge in [0.2, 0.25) is 0 Å². The van der Waals surface area contributed by atoms with Crippen molar-refractivity contribution in [3.8, 4) is 0 Å². The first-order chi connectivity index (χ1) is 16.2. The molecule has 0 fully saturated rings. The number of anilines is 2. The van der Waals surface area contributed by atoms with Crippen molar-refractivity contribution in [1.82, 2.24) is 4.68 Å². The van der Waals surface area contributed by atoms with Crippen molar-refractivity contribution >= 4 is 67.5 Å². The summed E-state index contributed by atoms with van der Waals surface area (Å²) >= 11 is 9.43. The Balaban J connectivity index is 1.63.